The summed E-state index contributed by atoms with van der Waals surface area (Å²) < 4.78 is 104. The Balaban J connectivity index is 0.818. The van der Waals surface area contributed by atoms with Crippen LogP contribution in [0.4, 0.5) is 24.5 Å². The molecule has 4 aromatic carbocycles. The third kappa shape index (κ3) is 15.7. The zero-order chi connectivity index (χ0) is 56.5. The Morgan fingerprint density at radius 2 is 1.46 bits per heavy atom. The number of nitrogens with zero attached hydrogens (tertiary/aromatic N) is 6. The molecule has 1 unspecified atom stereocenters. The molecule has 5 aliphatic rings. The van der Waals surface area contributed by atoms with Gasteiger partial charge in [0, 0.05) is 144 Å². The van der Waals surface area contributed by atoms with E-state index in [1.807, 2.05) is 52.1 Å². The molecule has 0 saturated carbocycles. The van der Waals surface area contributed by atoms with Crippen molar-refractivity contribution in [3.05, 3.63) is 119 Å². The Labute approximate surface area is 478 Å². The van der Waals surface area contributed by atoms with Crippen molar-refractivity contribution in [3.63, 3.8) is 0 Å². The Hall–Kier alpha value is -4.75. The van der Waals surface area contributed by atoms with E-state index in [1.54, 1.807) is 12.1 Å². The van der Waals surface area contributed by atoms with Crippen molar-refractivity contribution in [2.75, 3.05) is 147 Å². The van der Waals surface area contributed by atoms with Crippen LogP contribution in [-0.4, -0.2) is 201 Å². The van der Waals surface area contributed by atoms with Crippen molar-refractivity contribution in [1.29, 1.82) is 0 Å². The van der Waals surface area contributed by atoms with Crippen LogP contribution < -0.4 is 20.3 Å². The number of piperazine rings is 3. The number of morpholine rings is 1. The number of rotatable bonds is 20. The maximum atomic E-state index is 14.3. The molecule has 4 saturated heterocycles. The summed E-state index contributed by atoms with van der Waals surface area (Å²) in [6.07, 6.45) is 3.39. The third-order valence-corrected chi connectivity index (χ3v) is 20.2. The van der Waals surface area contributed by atoms with Gasteiger partial charge in [-0.1, -0.05) is 54.4 Å². The van der Waals surface area contributed by atoms with Crippen LogP contribution in [0.5, 0.6) is 0 Å². The van der Waals surface area contributed by atoms with Crippen molar-refractivity contribution in [1.82, 2.24) is 34.5 Å². The summed E-state index contributed by atoms with van der Waals surface area (Å²) >= 11 is 7.79. The molecule has 434 valence electrons. The number of carbonyl (C=O) groups is 2. The van der Waals surface area contributed by atoms with Gasteiger partial charge in [-0.05, 0) is 109 Å². The van der Waals surface area contributed by atoms with E-state index in [2.05, 4.69) is 54.2 Å². The van der Waals surface area contributed by atoms with Gasteiger partial charge in [0.05, 0.1) is 30.3 Å². The van der Waals surface area contributed by atoms with Crippen LogP contribution in [-0.2, 0) is 29.4 Å². The van der Waals surface area contributed by atoms with Gasteiger partial charge >= 0.3 is 5.51 Å². The van der Waals surface area contributed by atoms with Gasteiger partial charge in [0.1, 0.15) is 4.90 Å². The van der Waals surface area contributed by atoms with Crippen LogP contribution in [0.15, 0.2) is 117 Å². The second kappa shape index (κ2) is 26.7. The van der Waals surface area contributed by atoms with Crippen molar-refractivity contribution in [3.8, 4) is 0 Å². The first kappa shape index (κ1) is 59.9. The molecule has 0 bridgehead atoms. The SMILES string of the molecule is CC1(CN2CCN(C(=O)CN3CCNCC3)CC2)CCC(c2ccc(Cl)cc2)=C(CN2CCN(c3ccc(C(=O)NS(=O)(=O)c4ccc(N[C@H](CCN5CCOCC5)CSc5ccccc5)c(S(=O)(=O)C(F)(F)F)c4)cc3)CC2)C1. The molecule has 3 N–H and O–H groups in total. The highest BCUT2D eigenvalue weighted by molar-refractivity contribution is 7.99. The molecule has 16 nitrogen and oxygen atoms in total. The molecule has 0 aromatic heterocycles. The molecule has 4 fully saturated rings. The summed E-state index contributed by atoms with van der Waals surface area (Å²) in [5.74, 6) is -0.452. The highest BCUT2D eigenvalue weighted by Gasteiger charge is 2.49. The standard InChI is InChI=1S/C57H73ClF3N9O7S3/c1-56(42-68-27-31-70(32-28-68)54(71)40-66-23-20-62-21-24-66)19-17-51(43-7-11-46(58)12-8-43)45(38-56)39-67-25-29-69(30-26-67)48-13-9-44(10-14-48)55(72)64-80(75,76)50-15-16-52(53(37-50)79(73,74)57(59,60)61)63-47(18-22-65-33-35-77-36-34-65)41-78-49-5-3-2-4-6-49/h2-16,37,47,62-63H,17-36,38-42H2,1H3,(H,64,72)/t47-,56?/m1/s1. The number of sulfonamides is 1. The number of hydrogen-bond donors (Lipinski definition) is 3. The topological polar surface area (TPSA) is 167 Å². The number of hydrogen-bond acceptors (Lipinski definition) is 15. The third-order valence-electron chi connectivity index (χ3n) is 16.0. The number of benzene rings is 4. The van der Waals surface area contributed by atoms with E-state index in [-0.39, 0.29) is 16.9 Å². The second-order valence-electron chi connectivity index (χ2n) is 21.8. The predicted molar refractivity (Wildman–Crippen MR) is 309 cm³/mol. The average Bonchev–Trinajstić information content (AvgIpc) is 3.55. The van der Waals surface area contributed by atoms with Gasteiger partial charge in [-0.25, -0.2) is 21.6 Å². The van der Waals surface area contributed by atoms with Gasteiger partial charge < -0.3 is 25.2 Å². The normalized spacial score (nSPS) is 21.1. The number of alkyl halides is 3. The Morgan fingerprint density at radius 3 is 2.14 bits per heavy atom. The molecule has 0 spiro atoms. The monoisotopic (exact) mass is 1180 g/mol. The largest absolute Gasteiger partial charge is 0.501 e. The van der Waals surface area contributed by atoms with Gasteiger partial charge in [0.2, 0.25) is 5.91 Å². The van der Waals surface area contributed by atoms with Crippen LogP contribution in [0.1, 0.15) is 48.5 Å². The Morgan fingerprint density at radius 1 is 0.787 bits per heavy atom. The molecular formula is C57H73ClF3N9O7S3. The van der Waals surface area contributed by atoms with Gasteiger partial charge in [-0.15, -0.1) is 11.8 Å². The first-order valence-electron chi connectivity index (χ1n) is 27.6. The summed E-state index contributed by atoms with van der Waals surface area (Å²) in [5.41, 5.74) is -1.30. The number of thioether (sulfide) groups is 1. The van der Waals surface area contributed by atoms with Crippen molar-refractivity contribution < 1.29 is 44.3 Å². The van der Waals surface area contributed by atoms with Crippen molar-refractivity contribution >= 4 is 72.0 Å². The minimum absolute atomic E-state index is 0.0142. The lowest BCUT2D eigenvalue weighted by Gasteiger charge is -2.44. The molecule has 2 amide bonds. The molecule has 80 heavy (non-hydrogen) atoms. The maximum absolute atomic E-state index is 14.3. The lowest BCUT2D eigenvalue weighted by atomic mass is 9.71. The van der Waals surface area contributed by atoms with Crippen LogP contribution in [0.25, 0.3) is 5.57 Å². The molecule has 4 heterocycles. The molecule has 0 radical (unpaired) electrons. The van der Waals surface area contributed by atoms with Crippen LogP contribution in [0, 0.1) is 5.41 Å². The molecule has 4 aliphatic heterocycles. The average molecular weight is 1180 g/mol. The molecular weight excluding hydrogens is 1110 g/mol. The zero-order valence-corrected chi connectivity index (χ0v) is 48.5. The van der Waals surface area contributed by atoms with Gasteiger partial charge in [-0.2, -0.15) is 13.2 Å². The van der Waals surface area contributed by atoms with E-state index < -0.39 is 52.8 Å². The van der Waals surface area contributed by atoms with Gasteiger partial charge in [-0.3, -0.25) is 29.2 Å². The fourth-order valence-electron chi connectivity index (χ4n) is 11.4. The summed E-state index contributed by atoms with van der Waals surface area (Å²) in [7, 11) is -11.0. The van der Waals surface area contributed by atoms with E-state index in [9.17, 15) is 39.6 Å². The number of carbonyl (C=O) groups excluding carboxylic acids is 2. The van der Waals surface area contributed by atoms with Crippen molar-refractivity contribution in [2.45, 2.75) is 58.8 Å². The lowest BCUT2D eigenvalue weighted by Crippen LogP contribution is -2.54. The number of allylic oxidation sites excluding steroid dienone is 1. The fraction of sp³-hybridized carbons (Fsp3) is 0.509. The predicted octanol–water partition coefficient (Wildman–Crippen LogP) is 6.86. The maximum Gasteiger partial charge on any atom is 0.501 e. The molecule has 4 aromatic rings. The number of sulfone groups is 1. The zero-order valence-electron chi connectivity index (χ0n) is 45.3. The summed E-state index contributed by atoms with van der Waals surface area (Å²) in [5, 5.41) is 7.06. The first-order valence-corrected chi connectivity index (χ1v) is 31.9. The molecule has 1 aliphatic carbocycles. The smallest absolute Gasteiger partial charge is 0.380 e. The summed E-state index contributed by atoms with van der Waals surface area (Å²) in [6, 6.07) is 25.9. The number of ether oxygens (including phenoxy) is 1. The fourth-order valence-corrected chi connectivity index (χ4v) is 14.5. The van der Waals surface area contributed by atoms with Gasteiger partial charge in [0.25, 0.3) is 25.8 Å². The van der Waals surface area contributed by atoms with E-state index in [0.717, 1.165) is 121 Å². The van der Waals surface area contributed by atoms with Crippen LogP contribution >= 0.6 is 23.4 Å². The highest BCUT2D eigenvalue weighted by Crippen LogP contribution is 2.44. The summed E-state index contributed by atoms with van der Waals surface area (Å²) in [6.45, 7) is 17.5. The quantitative estimate of drug-likeness (QED) is 0.0785. The highest BCUT2D eigenvalue weighted by atomic mass is 35.5. The summed E-state index contributed by atoms with van der Waals surface area (Å²) in [4.78, 5) is 39.2. The van der Waals surface area contributed by atoms with E-state index >= 15 is 0 Å². The molecule has 23 heteroatoms. The number of nitrogens with one attached hydrogen (secondary N) is 3. The van der Waals surface area contributed by atoms with E-state index in [0.29, 0.717) is 75.7 Å². The first-order chi connectivity index (χ1) is 38.3. The number of halogens is 4. The van der Waals surface area contributed by atoms with Gasteiger partial charge in [0.15, 0.2) is 0 Å². The van der Waals surface area contributed by atoms with E-state index in [1.165, 1.54) is 40.6 Å². The Bertz CT molecular complexity index is 3010. The molecule has 2 atom stereocenters. The van der Waals surface area contributed by atoms with E-state index in [4.69, 9.17) is 16.3 Å². The number of anilines is 2. The number of amides is 2. The Kier molecular flexibility index (Phi) is 19.9. The van der Waals surface area contributed by atoms with Crippen molar-refractivity contribution in [2.24, 2.45) is 5.41 Å². The van der Waals surface area contributed by atoms with Crippen LogP contribution in [0.2, 0.25) is 5.02 Å². The van der Waals surface area contributed by atoms with Crippen LogP contribution in [0.3, 0.4) is 0 Å². The minimum Gasteiger partial charge on any atom is -0.380 e. The minimum atomic E-state index is -6.08. The lowest BCUT2D eigenvalue weighted by molar-refractivity contribution is -0.134. The second-order valence-corrected chi connectivity index (χ2v) is 26.9. The molecule has 9 rings (SSSR count).